The molecule has 0 aliphatic carbocycles. The fourth-order valence-corrected chi connectivity index (χ4v) is 0. The third-order valence-electron chi connectivity index (χ3n) is 0. The molecular formula is HI4Pb-. The number of hydrogen-bond donors (Lipinski definition) is 0. The SMILES string of the molecule is [H-].[I][Pb]([I])([I])[I]. The molecule has 0 aromatic heterocycles. The van der Waals surface area contributed by atoms with Gasteiger partial charge in [0.2, 0.25) is 0 Å². The van der Waals surface area contributed by atoms with Crippen LogP contribution in [0, 0.1) is 0 Å². The maximum absolute atomic E-state index is 2.56. The summed E-state index contributed by atoms with van der Waals surface area (Å²) in [5.41, 5.74) is 0. The fraction of sp³-hybridized carbons (Fsp3) is 0. The molecule has 5 heteroatoms. The zero-order chi connectivity index (χ0) is 4.50. The molecule has 0 aliphatic heterocycles. The molecule has 0 aliphatic rings. The molecule has 5 heavy (non-hydrogen) atoms. The van der Waals surface area contributed by atoms with Crippen molar-refractivity contribution < 1.29 is 1.43 Å². The minimum absolute atomic E-state index is 0. The Morgan fingerprint density at radius 2 is 1.00 bits per heavy atom. The molecule has 34 valence electrons. The van der Waals surface area contributed by atoms with Crippen LogP contribution in [0.25, 0.3) is 0 Å². The van der Waals surface area contributed by atoms with E-state index < -0.39 is 4.00 Å². The summed E-state index contributed by atoms with van der Waals surface area (Å²) in [6.45, 7) is 0. The Kier molecular flexibility index (Phi) is 6.70. The van der Waals surface area contributed by atoms with E-state index in [0.29, 0.717) is 0 Å². The summed E-state index contributed by atoms with van der Waals surface area (Å²) in [4.78, 5) is 0. The summed E-state index contributed by atoms with van der Waals surface area (Å²) in [7, 11) is 0. The van der Waals surface area contributed by atoms with Crippen LogP contribution in [0.15, 0.2) is 0 Å². The molecule has 0 nitrogen and oxygen atoms in total. The van der Waals surface area contributed by atoms with Crippen molar-refractivity contribution in [3.63, 3.8) is 0 Å². The number of rotatable bonds is 0. The van der Waals surface area contributed by atoms with E-state index in [1.54, 1.807) is 0 Å². The first-order valence-corrected chi connectivity index (χ1v) is 44.5. The molecule has 0 N–H and O–H groups in total. The molecule has 0 aromatic rings. The van der Waals surface area contributed by atoms with Crippen molar-refractivity contribution in [2.24, 2.45) is 0 Å². The van der Waals surface area contributed by atoms with Gasteiger partial charge in [-0.1, -0.05) is 0 Å². The van der Waals surface area contributed by atoms with Crippen LogP contribution >= 0.6 is 71.0 Å². The van der Waals surface area contributed by atoms with E-state index >= 15 is 0 Å². The van der Waals surface area contributed by atoms with Crippen molar-refractivity contribution in [2.45, 2.75) is 0 Å². The summed E-state index contributed by atoms with van der Waals surface area (Å²) in [5.74, 6) is 0. The third kappa shape index (κ3) is 18.1. The molecule has 0 unspecified atom stereocenters. The van der Waals surface area contributed by atoms with E-state index in [-0.39, 0.29) is 1.43 Å². The predicted molar refractivity (Wildman–Crippen MR) is 62.9 cm³/mol. The Balaban J connectivity index is 0. The molecule has 0 fully saturated rings. The molecule has 0 aromatic carbocycles. The Bertz CT molecular complexity index is 23.0. The van der Waals surface area contributed by atoms with Gasteiger partial charge in [0.1, 0.15) is 0 Å². The van der Waals surface area contributed by atoms with Gasteiger partial charge < -0.3 is 1.43 Å². The van der Waals surface area contributed by atoms with Gasteiger partial charge in [0, 0.05) is 0 Å². The van der Waals surface area contributed by atoms with E-state index in [0.717, 1.165) is 0 Å². The zero-order valence-corrected chi connectivity index (χ0v) is 14.5. The number of hydrogen-bond acceptors (Lipinski definition) is 0. The van der Waals surface area contributed by atoms with Crippen LogP contribution in [0.2, 0.25) is 0 Å². The molecule has 0 rings (SSSR count). The van der Waals surface area contributed by atoms with Gasteiger partial charge >= 0.3 is 75.0 Å². The molecule has 0 bridgehead atoms. The summed E-state index contributed by atoms with van der Waals surface area (Å²) in [6.07, 6.45) is 0. The topological polar surface area (TPSA) is 0 Å². The van der Waals surface area contributed by atoms with E-state index in [1.165, 1.54) is 0 Å². The third-order valence-corrected chi connectivity index (χ3v) is 0. The molecule has 0 radical (unpaired) electrons. The second kappa shape index (κ2) is 3.79. The average molecular weight is 716 g/mol. The predicted octanol–water partition coefficient (Wildman–Crippen LogP) is 3.27. The molecule has 0 amide bonds. The monoisotopic (exact) mass is 717 g/mol. The van der Waals surface area contributed by atoms with Gasteiger partial charge in [-0.05, 0) is 0 Å². The minimum atomic E-state index is -1.40. The maximum atomic E-state index is 2.56. The van der Waals surface area contributed by atoms with Crippen molar-refractivity contribution in [1.29, 1.82) is 0 Å². The van der Waals surface area contributed by atoms with Crippen LogP contribution in [-0.4, -0.2) is 4.00 Å². The summed E-state index contributed by atoms with van der Waals surface area (Å²) >= 11 is 10.2. The van der Waals surface area contributed by atoms with Crippen molar-refractivity contribution >= 4 is 75.0 Å². The first-order chi connectivity index (χ1) is 2.00. The molecule has 0 saturated carbocycles. The van der Waals surface area contributed by atoms with Gasteiger partial charge in [0.15, 0.2) is 0 Å². The Hall–Kier alpha value is 3.84. The van der Waals surface area contributed by atoms with Gasteiger partial charge in [-0.2, -0.15) is 0 Å². The van der Waals surface area contributed by atoms with Gasteiger partial charge in [-0.25, -0.2) is 0 Å². The Labute approximate surface area is 73.6 Å². The van der Waals surface area contributed by atoms with Crippen molar-refractivity contribution in [3.8, 4) is 0 Å². The molecule has 0 spiro atoms. The van der Waals surface area contributed by atoms with Crippen LogP contribution in [0.1, 0.15) is 1.43 Å². The van der Waals surface area contributed by atoms with Gasteiger partial charge in [0.05, 0.1) is 0 Å². The normalized spacial score (nSPS) is 12.0. The van der Waals surface area contributed by atoms with Crippen molar-refractivity contribution in [2.75, 3.05) is 0 Å². The van der Waals surface area contributed by atoms with E-state index in [4.69, 9.17) is 0 Å². The molecular weight excluding hydrogens is 715 g/mol. The summed E-state index contributed by atoms with van der Waals surface area (Å²) < 4.78 is -1.40. The zero-order valence-electron chi connectivity index (χ0n) is 3.01. The van der Waals surface area contributed by atoms with Crippen LogP contribution in [0.5, 0.6) is 0 Å². The van der Waals surface area contributed by atoms with Crippen LogP contribution in [0.4, 0.5) is 0 Å². The van der Waals surface area contributed by atoms with Crippen molar-refractivity contribution in [3.05, 3.63) is 0 Å². The first-order valence-electron chi connectivity index (χ1n) is 0.756. The van der Waals surface area contributed by atoms with Crippen LogP contribution in [0.3, 0.4) is 0 Å². The quantitative estimate of drug-likeness (QED) is 0.267. The molecule has 0 atom stereocenters. The standard InChI is InChI=1S/4HI.Pb.H/h4*1H;;/q;;;;+4;-1/p-4. The molecule has 0 heterocycles. The summed E-state index contributed by atoms with van der Waals surface area (Å²) in [6, 6.07) is 0. The van der Waals surface area contributed by atoms with E-state index in [1.807, 2.05) is 0 Å². The van der Waals surface area contributed by atoms with E-state index in [9.17, 15) is 0 Å². The van der Waals surface area contributed by atoms with Crippen LogP contribution < -0.4 is 0 Å². The number of halogens is 4. The average Bonchev–Trinajstić information content (AvgIpc) is 0.722. The first kappa shape index (κ1) is 8.84. The Morgan fingerprint density at radius 3 is 1.00 bits per heavy atom. The molecule has 0 saturated heterocycles. The summed E-state index contributed by atoms with van der Waals surface area (Å²) in [5, 5.41) is 0. The Morgan fingerprint density at radius 1 is 1.00 bits per heavy atom. The van der Waals surface area contributed by atoms with Crippen LogP contribution in [-0.2, 0) is 0 Å². The van der Waals surface area contributed by atoms with E-state index in [2.05, 4.69) is 71.0 Å². The fourth-order valence-electron chi connectivity index (χ4n) is 0. The second-order valence-corrected chi connectivity index (χ2v) is 169. The van der Waals surface area contributed by atoms with Gasteiger partial charge in [0.25, 0.3) is 0 Å². The van der Waals surface area contributed by atoms with Gasteiger partial charge in [-0.15, -0.1) is 0 Å². The second-order valence-electron chi connectivity index (χ2n) is 0.429. The van der Waals surface area contributed by atoms with Gasteiger partial charge in [-0.3, -0.25) is 0 Å². The van der Waals surface area contributed by atoms with Crippen molar-refractivity contribution in [1.82, 2.24) is 0 Å².